The molecule has 1 N–H and O–H groups in total. The van der Waals surface area contributed by atoms with Crippen molar-refractivity contribution in [1.29, 1.82) is 0 Å². The first-order valence-corrected chi connectivity index (χ1v) is 5.54. The summed E-state index contributed by atoms with van der Waals surface area (Å²) < 4.78 is 0. The molecule has 2 nitrogen and oxygen atoms in total. The molecule has 0 aromatic heterocycles. The van der Waals surface area contributed by atoms with E-state index in [9.17, 15) is 4.79 Å². The van der Waals surface area contributed by atoms with Crippen molar-refractivity contribution in [2.24, 2.45) is 17.3 Å². The summed E-state index contributed by atoms with van der Waals surface area (Å²) in [6, 6.07) is 0. The molecule has 2 saturated carbocycles. The minimum absolute atomic E-state index is 0.240. The number of amides is 1. The topological polar surface area (TPSA) is 29.1 Å². The first-order chi connectivity index (χ1) is 6.17. The third kappa shape index (κ3) is 1.98. The second kappa shape index (κ2) is 3.16. The lowest BCUT2D eigenvalue weighted by Crippen LogP contribution is -2.32. The van der Waals surface area contributed by atoms with E-state index in [1.165, 1.54) is 12.8 Å². The summed E-state index contributed by atoms with van der Waals surface area (Å²) in [4.78, 5) is 11.5. The highest BCUT2D eigenvalue weighted by Gasteiger charge is 2.44. The Morgan fingerprint density at radius 2 is 2.23 bits per heavy atom. The van der Waals surface area contributed by atoms with E-state index in [0.717, 1.165) is 13.0 Å². The number of hydrogen-bond donors (Lipinski definition) is 1. The molecule has 2 aliphatic rings. The van der Waals surface area contributed by atoms with Gasteiger partial charge in [-0.15, -0.1) is 11.6 Å². The largest absolute Gasteiger partial charge is 0.355 e. The number of carbonyl (C=O) groups is 1. The monoisotopic (exact) mass is 201 g/mol. The van der Waals surface area contributed by atoms with Crippen LogP contribution in [0.1, 0.15) is 26.2 Å². The summed E-state index contributed by atoms with van der Waals surface area (Å²) in [5.74, 6) is 1.83. The molecule has 2 atom stereocenters. The van der Waals surface area contributed by atoms with Crippen LogP contribution in [0, 0.1) is 17.3 Å². The van der Waals surface area contributed by atoms with E-state index in [0.29, 0.717) is 17.7 Å². The van der Waals surface area contributed by atoms with E-state index in [-0.39, 0.29) is 11.3 Å². The second-order valence-corrected chi connectivity index (χ2v) is 4.94. The van der Waals surface area contributed by atoms with Crippen LogP contribution in [-0.2, 0) is 4.79 Å². The molecule has 0 heterocycles. The molecule has 0 aliphatic heterocycles. The molecule has 74 valence electrons. The fourth-order valence-corrected chi connectivity index (χ4v) is 1.99. The Morgan fingerprint density at radius 1 is 1.62 bits per heavy atom. The summed E-state index contributed by atoms with van der Waals surface area (Å²) >= 11 is 5.81. The van der Waals surface area contributed by atoms with Crippen LogP contribution in [0.3, 0.4) is 0 Å². The Hall–Kier alpha value is -0.240. The SMILES string of the molecule is CC1CC1C(=O)NCC1(CCl)CC1. The third-order valence-corrected chi connectivity index (χ3v) is 3.89. The summed E-state index contributed by atoms with van der Waals surface area (Å²) in [7, 11) is 0. The molecule has 0 spiro atoms. The number of nitrogens with one attached hydrogen (secondary N) is 1. The Morgan fingerprint density at radius 3 is 2.62 bits per heavy atom. The van der Waals surface area contributed by atoms with Gasteiger partial charge in [0.05, 0.1) is 0 Å². The van der Waals surface area contributed by atoms with Crippen molar-refractivity contribution in [3.8, 4) is 0 Å². The molecule has 2 fully saturated rings. The summed E-state index contributed by atoms with van der Waals surface area (Å²) in [5.41, 5.74) is 0.259. The van der Waals surface area contributed by atoms with E-state index in [1.54, 1.807) is 0 Å². The van der Waals surface area contributed by atoms with E-state index < -0.39 is 0 Å². The molecule has 2 aliphatic carbocycles. The van der Waals surface area contributed by atoms with Crippen molar-refractivity contribution in [3.05, 3.63) is 0 Å². The van der Waals surface area contributed by atoms with Crippen LogP contribution >= 0.6 is 11.6 Å². The van der Waals surface area contributed by atoms with Crippen LogP contribution in [0.15, 0.2) is 0 Å². The van der Waals surface area contributed by atoms with E-state index >= 15 is 0 Å². The normalized spacial score (nSPS) is 34.0. The van der Waals surface area contributed by atoms with Gasteiger partial charge >= 0.3 is 0 Å². The highest BCUT2D eigenvalue weighted by Crippen LogP contribution is 2.46. The molecule has 13 heavy (non-hydrogen) atoms. The van der Waals surface area contributed by atoms with Gasteiger partial charge in [0.15, 0.2) is 0 Å². The number of alkyl halides is 1. The zero-order valence-corrected chi connectivity index (χ0v) is 8.73. The molecule has 3 heteroatoms. The van der Waals surface area contributed by atoms with Crippen LogP contribution < -0.4 is 5.32 Å². The minimum atomic E-state index is 0.240. The molecule has 0 radical (unpaired) electrons. The molecule has 0 aromatic carbocycles. The standard InChI is InChI=1S/C10H16ClNO/c1-7-4-8(7)9(13)12-6-10(5-11)2-3-10/h7-8H,2-6H2,1H3,(H,12,13). The maximum Gasteiger partial charge on any atom is 0.223 e. The Balaban J connectivity index is 1.70. The molecule has 0 saturated heterocycles. The Labute approximate surface area is 84.0 Å². The van der Waals surface area contributed by atoms with Crippen LogP contribution in [0.4, 0.5) is 0 Å². The molecule has 2 rings (SSSR count). The fourth-order valence-electron chi connectivity index (χ4n) is 1.63. The maximum absolute atomic E-state index is 11.5. The minimum Gasteiger partial charge on any atom is -0.355 e. The third-order valence-electron chi connectivity index (χ3n) is 3.32. The first-order valence-electron chi connectivity index (χ1n) is 5.01. The first kappa shape index (κ1) is 9.32. The van der Waals surface area contributed by atoms with Crippen LogP contribution in [0.5, 0.6) is 0 Å². The average molecular weight is 202 g/mol. The molecule has 0 bridgehead atoms. The molecule has 0 aromatic rings. The van der Waals surface area contributed by atoms with Crippen LogP contribution in [0.2, 0.25) is 0 Å². The van der Waals surface area contributed by atoms with Crippen molar-refractivity contribution in [3.63, 3.8) is 0 Å². The highest BCUT2D eigenvalue weighted by atomic mass is 35.5. The molecule has 2 unspecified atom stereocenters. The molecular weight excluding hydrogens is 186 g/mol. The van der Waals surface area contributed by atoms with Crippen LogP contribution in [-0.4, -0.2) is 18.3 Å². The van der Waals surface area contributed by atoms with Crippen molar-refractivity contribution in [2.75, 3.05) is 12.4 Å². The number of hydrogen-bond acceptors (Lipinski definition) is 1. The van der Waals surface area contributed by atoms with E-state index in [2.05, 4.69) is 12.2 Å². The predicted octanol–water partition coefficient (Wildman–Crippen LogP) is 1.78. The summed E-state index contributed by atoms with van der Waals surface area (Å²) in [5, 5.41) is 3.01. The van der Waals surface area contributed by atoms with E-state index in [1.807, 2.05) is 0 Å². The van der Waals surface area contributed by atoms with Crippen LogP contribution in [0.25, 0.3) is 0 Å². The van der Waals surface area contributed by atoms with Gasteiger partial charge in [0.25, 0.3) is 0 Å². The van der Waals surface area contributed by atoms with Gasteiger partial charge in [-0.2, -0.15) is 0 Å². The van der Waals surface area contributed by atoms with Gasteiger partial charge in [-0.05, 0) is 25.2 Å². The molecule has 1 amide bonds. The quantitative estimate of drug-likeness (QED) is 0.691. The molecular formula is C10H16ClNO. The van der Waals surface area contributed by atoms with Gasteiger partial charge in [-0.1, -0.05) is 6.92 Å². The number of rotatable bonds is 4. The van der Waals surface area contributed by atoms with Crippen molar-refractivity contribution in [1.82, 2.24) is 5.32 Å². The average Bonchev–Trinajstić information content (AvgIpc) is 2.99. The lowest BCUT2D eigenvalue weighted by molar-refractivity contribution is -0.122. The van der Waals surface area contributed by atoms with Gasteiger partial charge < -0.3 is 5.32 Å². The predicted molar refractivity (Wildman–Crippen MR) is 52.7 cm³/mol. The summed E-state index contributed by atoms with van der Waals surface area (Å²) in [6.07, 6.45) is 3.42. The van der Waals surface area contributed by atoms with Gasteiger partial charge in [-0.3, -0.25) is 4.79 Å². The lowest BCUT2D eigenvalue weighted by atomic mass is 10.1. The Kier molecular flexibility index (Phi) is 2.26. The van der Waals surface area contributed by atoms with Gasteiger partial charge in [0.2, 0.25) is 5.91 Å². The van der Waals surface area contributed by atoms with Gasteiger partial charge in [0, 0.05) is 23.8 Å². The maximum atomic E-state index is 11.5. The smallest absolute Gasteiger partial charge is 0.223 e. The number of carbonyl (C=O) groups excluding carboxylic acids is 1. The summed E-state index contributed by atoms with van der Waals surface area (Å²) in [6.45, 7) is 2.91. The highest BCUT2D eigenvalue weighted by molar-refractivity contribution is 6.18. The van der Waals surface area contributed by atoms with Gasteiger partial charge in [0.1, 0.15) is 0 Å². The van der Waals surface area contributed by atoms with E-state index in [4.69, 9.17) is 11.6 Å². The fraction of sp³-hybridized carbons (Fsp3) is 0.900. The zero-order valence-electron chi connectivity index (χ0n) is 7.98. The van der Waals surface area contributed by atoms with Crippen molar-refractivity contribution in [2.45, 2.75) is 26.2 Å². The second-order valence-electron chi connectivity index (χ2n) is 4.67. The van der Waals surface area contributed by atoms with Gasteiger partial charge in [-0.25, -0.2) is 0 Å². The zero-order chi connectivity index (χ0) is 9.47. The Bertz CT molecular complexity index is 225. The van der Waals surface area contributed by atoms with Crippen molar-refractivity contribution >= 4 is 17.5 Å². The lowest BCUT2D eigenvalue weighted by Gasteiger charge is -2.11. The van der Waals surface area contributed by atoms with Crippen molar-refractivity contribution < 1.29 is 4.79 Å². The number of halogens is 1.